The Morgan fingerprint density at radius 2 is 1.14 bits per heavy atom. The lowest BCUT2D eigenvalue weighted by Crippen LogP contribution is -2.26. The molecule has 2 fully saturated rings. The predicted molar refractivity (Wildman–Crippen MR) is 56.0 cm³/mol. The molecule has 2 heteroatoms. The quantitative estimate of drug-likeness (QED) is 0.611. The molecule has 0 radical (unpaired) electrons. The summed E-state index contributed by atoms with van der Waals surface area (Å²) >= 11 is 0. The second-order valence-corrected chi connectivity index (χ2v) is 4.92. The fourth-order valence-electron chi connectivity index (χ4n) is 1.99. The SMILES string of the molecule is CC(OC(C)C1CC1)OC(C)C1CC1. The highest BCUT2D eigenvalue weighted by atomic mass is 16.7. The van der Waals surface area contributed by atoms with E-state index >= 15 is 0 Å². The van der Waals surface area contributed by atoms with Crippen molar-refractivity contribution in [2.45, 2.75) is 65.0 Å². The highest BCUT2D eigenvalue weighted by Crippen LogP contribution is 2.36. The number of hydrogen-bond donors (Lipinski definition) is 0. The smallest absolute Gasteiger partial charge is 0.155 e. The van der Waals surface area contributed by atoms with Gasteiger partial charge in [-0.05, 0) is 58.3 Å². The lowest BCUT2D eigenvalue weighted by molar-refractivity contribution is -0.184. The van der Waals surface area contributed by atoms with Crippen molar-refractivity contribution >= 4 is 0 Å². The third-order valence-electron chi connectivity index (χ3n) is 3.38. The molecule has 0 N–H and O–H groups in total. The molecule has 0 aromatic heterocycles. The normalized spacial score (nSPS) is 28.5. The monoisotopic (exact) mass is 198 g/mol. The van der Waals surface area contributed by atoms with E-state index in [9.17, 15) is 0 Å². The van der Waals surface area contributed by atoms with Crippen molar-refractivity contribution in [2.75, 3.05) is 0 Å². The fraction of sp³-hybridized carbons (Fsp3) is 1.00. The highest BCUT2D eigenvalue weighted by Gasteiger charge is 2.32. The maximum atomic E-state index is 5.80. The van der Waals surface area contributed by atoms with Crippen LogP contribution in [0.3, 0.4) is 0 Å². The maximum Gasteiger partial charge on any atom is 0.155 e. The summed E-state index contributed by atoms with van der Waals surface area (Å²) in [4.78, 5) is 0. The Morgan fingerprint density at radius 1 is 0.786 bits per heavy atom. The topological polar surface area (TPSA) is 18.5 Å². The summed E-state index contributed by atoms with van der Waals surface area (Å²) in [5.41, 5.74) is 0. The molecule has 14 heavy (non-hydrogen) atoms. The van der Waals surface area contributed by atoms with Crippen LogP contribution in [0.2, 0.25) is 0 Å². The zero-order valence-electron chi connectivity index (χ0n) is 9.53. The van der Waals surface area contributed by atoms with Crippen LogP contribution in [0.1, 0.15) is 46.5 Å². The Hall–Kier alpha value is -0.0800. The van der Waals surface area contributed by atoms with Gasteiger partial charge in [-0.3, -0.25) is 0 Å². The summed E-state index contributed by atoms with van der Waals surface area (Å²) in [7, 11) is 0. The van der Waals surface area contributed by atoms with Gasteiger partial charge in [0, 0.05) is 0 Å². The van der Waals surface area contributed by atoms with E-state index in [4.69, 9.17) is 9.47 Å². The van der Waals surface area contributed by atoms with Crippen LogP contribution in [-0.4, -0.2) is 18.5 Å². The van der Waals surface area contributed by atoms with Gasteiger partial charge in [0.2, 0.25) is 0 Å². The first-order chi connectivity index (χ1) is 6.66. The molecule has 82 valence electrons. The molecule has 2 atom stereocenters. The first-order valence-electron chi connectivity index (χ1n) is 5.97. The molecule has 0 aromatic rings. The van der Waals surface area contributed by atoms with Gasteiger partial charge in [-0.25, -0.2) is 0 Å². The molecule has 0 amide bonds. The molecule has 0 heterocycles. The van der Waals surface area contributed by atoms with Crippen molar-refractivity contribution in [3.05, 3.63) is 0 Å². The Kier molecular flexibility index (Phi) is 3.13. The highest BCUT2D eigenvalue weighted by molar-refractivity contribution is 4.80. The first-order valence-corrected chi connectivity index (χ1v) is 5.97. The molecule has 2 aliphatic carbocycles. The van der Waals surface area contributed by atoms with Gasteiger partial charge >= 0.3 is 0 Å². The van der Waals surface area contributed by atoms with Gasteiger partial charge in [0.1, 0.15) is 0 Å². The van der Waals surface area contributed by atoms with Crippen molar-refractivity contribution < 1.29 is 9.47 Å². The van der Waals surface area contributed by atoms with Crippen molar-refractivity contribution in [1.82, 2.24) is 0 Å². The van der Waals surface area contributed by atoms with Gasteiger partial charge in [-0.2, -0.15) is 0 Å². The third-order valence-corrected chi connectivity index (χ3v) is 3.38. The summed E-state index contributed by atoms with van der Waals surface area (Å²) in [6.07, 6.45) is 6.10. The second-order valence-electron chi connectivity index (χ2n) is 4.92. The number of rotatable bonds is 6. The minimum Gasteiger partial charge on any atom is -0.350 e. The maximum absolute atomic E-state index is 5.80. The Bertz CT molecular complexity index is 165. The first kappa shape index (κ1) is 10.4. The summed E-state index contributed by atoms with van der Waals surface area (Å²) < 4.78 is 11.6. The molecule has 2 aliphatic rings. The van der Waals surface area contributed by atoms with Crippen LogP contribution in [-0.2, 0) is 9.47 Å². The molecule has 0 saturated heterocycles. The van der Waals surface area contributed by atoms with Crippen LogP contribution in [0.4, 0.5) is 0 Å². The molecular weight excluding hydrogens is 176 g/mol. The van der Waals surface area contributed by atoms with Crippen molar-refractivity contribution in [2.24, 2.45) is 11.8 Å². The van der Waals surface area contributed by atoms with Crippen LogP contribution in [0.5, 0.6) is 0 Å². The molecule has 2 rings (SSSR count). The van der Waals surface area contributed by atoms with E-state index in [-0.39, 0.29) is 6.29 Å². The zero-order chi connectivity index (χ0) is 10.1. The van der Waals surface area contributed by atoms with Crippen LogP contribution >= 0.6 is 0 Å². The molecule has 0 spiro atoms. The van der Waals surface area contributed by atoms with Crippen molar-refractivity contribution in [1.29, 1.82) is 0 Å². The molecule has 2 unspecified atom stereocenters. The van der Waals surface area contributed by atoms with Crippen LogP contribution in [0, 0.1) is 11.8 Å². The predicted octanol–water partition coefficient (Wildman–Crippen LogP) is 2.96. The lowest BCUT2D eigenvalue weighted by atomic mass is 10.2. The fourth-order valence-corrected chi connectivity index (χ4v) is 1.99. The van der Waals surface area contributed by atoms with E-state index < -0.39 is 0 Å². The standard InChI is InChI=1S/C12H22O2/c1-8(11-4-5-11)13-10(3)14-9(2)12-6-7-12/h8-12H,4-7H2,1-3H3. The minimum atomic E-state index is -0.0267. The van der Waals surface area contributed by atoms with Crippen molar-refractivity contribution in [3.63, 3.8) is 0 Å². The summed E-state index contributed by atoms with van der Waals surface area (Å²) in [5.74, 6) is 1.61. The second kappa shape index (κ2) is 4.19. The van der Waals surface area contributed by atoms with Crippen LogP contribution in [0.25, 0.3) is 0 Å². The molecule has 2 saturated carbocycles. The van der Waals surface area contributed by atoms with Gasteiger partial charge < -0.3 is 9.47 Å². The van der Waals surface area contributed by atoms with Crippen LogP contribution < -0.4 is 0 Å². The van der Waals surface area contributed by atoms with Crippen LogP contribution in [0.15, 0.2) is 0 Å². The van der Waals surface area contributed by atoms with E-state index in [1.807, 2.05) is 6.92 Å². The Balaban J connectivity index is 1.63. The molecule has 0 aromatic carbocycles. The summed E-state index contributed by atoms with van der Waals surface area (Å²) in [6.45, 7) is 6.36. The summed E-state index contributed by atoms with van der Waals surface area (Å²) in [6, 6.07) is 0. The van der Waals surface area contributed by atoms with Gasteiger partial charge in [0.25, 0.3) is 0 Å². The molecule has 0 aliphatic heterocycles. The van der Waals surface area contributed by atoms with Gasteiger partial charge in [0.15, 0.2) is 6.29 Å². The molecule has 0 bridgehead atoms. The van der Waals surface area contributed by atoms with Gasteiger partial charge in [0.05, 0.1) is 12.2 Å². The van der Waals surface area contributed by atoms with E-state index in [1.165, 1.54) is 25.7 Å². The minimum absolute atomic E-state index is 0.0267. The largest absolute Gasteiger partial charge is 0.350 e. The third kappa shape index (κ3) is 2.96. The van der Waals surface area contributed by atoms with E-state index in [0.29, 0.717) is 12.2 Å². The van der Waals surface area contributed by atoms with E-state index in [2.05, 4.69) is 13.8 Å². The zero-order valence-corrected chi connectivity index (χ0v) is 9.53. The number of hydrogen-bond acceptors (Lipinski definition) is 2. The Labute approximate surface area is 87.0 Å². The summed E-state index contributed by atoms with van der Waals surface area (Å²) in [5, 5.41) is 0. The lowest BCUT2D eigenvalue weighted by Gasteiger charge is -2.22. The molecule has 2 nitrogen and oxygen atoms in total. The number of ether oxygens (including phenoxy) is 2. The van der Waals surface area contributed by atoms with Crippen molar-refractivity contribution in [3.8, 4) is 0 Å². The molecular formula is C12H22O2. The van der Waals surface area contributed by atoms with E-state index in [1.54, 1.807) is 0 Å². The average Bonchev–Trinajstić information content (AvgIpc) is 2.98. The van der Waals surface area contributed by atoms with Gasteiger partial charge in [-0.1, -0.05) is 0 Å². The average molecular weight is 198 g/mol. The van der Waals surface area contributed by atoms with E-state index in [0.717, 1.165) is 11.8 Å². The van der Waals surface area contributed by atoms with Gasteiger partial charge in [-0.15, -0.1) is 0 Å². The Morgan fingerprint density at radius 3 is 1.43 bits per heavy atom.